The van der Waals surface area contributed by atoms with Gasteiger partial charge in [0.25, 0.3) is 6.43 Å². The molecule has 0 N–H and O–H groups in total. The van der Waals surface area contributed by atoms with Gasteiger partial charge in [0.15, 0.2) is 0 Å². The van der Waals surface area contributed by atoms with Crippen molar-refractivity contribution < 1.29 is 22.7 Å². The zero-order chi connectivity index (χ0) is 13.7. The third-order valence-corrected chi connectivity index (χ3v) is 2.83. The monoisotopic (exact) mass is 325 g/mol. The second kappa shape index (κ2) is 6.72. The number of nitrogens with zero attached hydrogens (tertiary/aromatic N) is 1. The van der Waals surface area contributed by atoms with E-state index in [1.54, 1.807) is 6.92 Å². The summed E-state index contributed by atoms with van der Waals surface area (Å²) in [5.74, 6) is -1.54. The Hall–Kier alpha value is -1.11. The molecule has 0 radical (unpaired) electrons. The summed E-state index contributed by atoms with van der Waals surface area (Å²) in [4.78, 5) is 14.6. The van der Waals surface area contributed by atoms with E-state index in [4.69, 9.17) is 0 Å². The van der Waals surface area contributed by atoms with E-state index in [-0.39, 0.29) is 23.1 Å². The first-order valence-corrected chi connectivity index (χ1v) is 6.29. The molecule has 7 heteroatoms. The van der Waals surface area contributed by atoms with Gasteiger partial charge in [-0.3, -0.25) is 4.79 Å². The largest absolute Gasteiger partial charge is 0.466 e. The molecule has 18 heavy (non-hydrogen) atoms. The molecule has 1 aromatic rings. The van der Waals surface area contributed by atoms with Gasteiger partial charge in [0.05, 0.1) is 13.0 Å². The van der Waals surface area contributed by atoms with Crippen LogP contribution in [0.3, 0.4) is 0 Å². The van der Waals surface area contributed by atoms with Gasteiger partial charge in [0, 0.05) is 22.7 Å². The molecule has 0 aliphatic carbocycles. The quantitative estimate of drug-likeness (QED) is 0.474. The fraction of sp³-hybridized carbons (Fsp3) is 0.455. The highest BCUT2D eigenvalue weighted by Crippen LogP contribution is 2.28. The van der Waals surface area contributed by atoms with E-state index in [1.807, 2.05) is 0 Å². The lowest BCUT2D eigenvalue weighted by Crippen LogP contribution is -2.13. The first-order valence-electron chi connectivity index (χ1n) is 5.17. The molecule has 100 valence electrons. The van der Waals surface area contributed by atoms with Crippen molar-refractivity contribution in [1.82, 2.24) is 4.98 Å². The predicted molar refractivity (Wildman–Crippen MR) is 62.1 cm³/mol. The maximum Gasteiger partial charge on any atom is 0.310 e. The number of hydrogen-bond donors (Lipinski definition) is 0. The molecule has 0 unspecified atom stereocenters. The molecule has 0 atom stereocenters. The number of ether oxygens (including phenoxy) is 1. The third-order valence-electron chi connectivity index (χ3n) is 2.27. The standard InChI is InChI=1S/C11H11BrF3NO2/c1-2-18-9(17)3-6-7(4-12)11(15)16-5-8(6)10(13)14/h5,10H,2-4H2,1H3. The molecule has 1 rings (SSSR count). The molecule has 0 aliphatic rings. The highest BCUT2D eigenvalue weighted by atomic mass is 79.9. The second-order valence-electron chi connectivity index (χ2n) is 3.38. The molecular weight excluding hydrogens is 315 g/mol. The summed E-state index contributed by atoms with van der Waals surface area (Å²) in [6, 6.07) is 0. The number of carbonyl (C=O) groups excluding carboxylic acids is 1. The summed E-state index contributed by atoms with van der Waals surface area (Å²) in [5.41, 5.74) is -0.549. The van der Waals surface area contributed by atoms with Gasteiger partial charge in [0.2, 0.25) is 5.95 Å². The molecule has 0 amide bonds. The van der Waals surface area contributed by atoms with Crippen molar-refractivity contribution in [2.45, 2.75) is 25.1 Å². The number of alkyl halides is 3. The lowest BCUT2D eigenvalue weighted by molar-refractivity contribution is -0.142. The Morgan fingerprint density at radius 1 is 1.50 bits per heavy atom. The summed E-state index contributed by atoms with van der Waals surface area (Å²) < 4.78 is 43.6. The molecule has 0 aliphatic heterocycles. The number of aromatic nitrogens is 1. The van der Waals surface area contributed by atoms with Gasteiger partial charge in [-0.2, -0.15) is 4.39 Å². The smallest absolute Gasteiger partial charge is 0.310 e. The van der Waals surface area contributed by atoms with Crippen molar-refractivity contribution in [3.05, 3.63) is 28.8 Å². The Kier molecular flexibility index (Phi) is 5.58. The van der Waals surface area contributed by atoms with Crippen LogP contribution < -0.4 is 0 Å². The lowest BCUT2D eigenvalue weighted by atomic mass is 10.0. The van der Waals surface area contributed by atoms with Gasteiger partial charge < -0.3 is 4.74 Å². The van der Waals surface area contributed by atoms with Crippen molar-refractivity contribution in [2.75, 3.05) is 6.61 Å². The van der Waals surface area contributed by atoms with Crippen LogP contribution in [0.1, 0.15) is 30.0 Å². The summed E-state index contributed by atoms with van der Waals surface area (Å²) in [7, 11) is 0. The van der Waals surface area contributed by atoms with Gasteiger partial charge >= 0.3 is 5.97 Å². The van der Waals surface area contributed by atoms with Crippen LogP contribution in [0.25, 0.3) is 0 Å². The number of hydrogen-bond acceptors (Lipinski definition) is 3. The topological polar surface area (TPSA) is 39.2 Å². The number of carbonyl (C=O) groups is 1. The highest BCUT2D eigenvalue weighted by Gasteiger charge is 2.22. The maximum atomic E-state index is 13.4. The summed E-state index contributed by atoms with van der Waals surface area (Å²) >= 11 is 2.99. The van der Waals surface area contributed by atoms with Gasteiger partial charge in [-0.05, 0) is 12.5 Å². The summed E-state index contributed by atoms with van der Waals surface area (Å²) in [6.45, 7) is 1.74. The highest BCUT2D eigenvalue weighted by molar-refractivity contribution is 9.08. The average Bonchev–Trinajstić information content (AvgIpc) is 2.29. The van der Waals surface area contributed by atoms with E-state index in [9.17, 15) is 18.0 Å². The van der Waals surface area contributed by atoms with E-state index < -0.39 is 30.3 Å². The Balaban J connectivity index is 3.19. The zero-order valence-electron chi connectivity index (χ0n) is 9.55. The van der Waals surface area contributed by atoms with E-state index in [0.717, 1.165) is 6.20 Å². The minimum Gasteiger partial charge on any atom is -0.466 e. The van der Waals surface area contributed by atoms with E-state index >= 15 is 0 Å². The number of rotatable bonds is 5. The van der Waals surface area contributed by atoms with Crippen LogP contribution in [0.2, 0.25) is 0 Å². The van der Waals surface area contributed by atoms with Crippen LogP contribution >= 0.6 is 15.9 Å². The number of pyridine rings is 1. The molecule has 0 spiro atoms. The van der Waals surface area contributed by atoms with Crippen molar-refractivity contribution in [3.8, 4) is 0 Å². The normalized spacial score (nSPS) is 10.8. The Morgan fingerprint density at radius 3 is 2.67 bits per heavy atom. The molecule has 1 aromatic heterocycles. The molecular formula is C11H11BrF3NO2. The van der Waals surface area contributed by atoms with Crippen LogP contribution in [0, 0.1) is 5.95 Å². The van der Waals surface area contributed by atoms with Crippen LogP contribution in [-0.4, -0.2) is 17.6 Å². The fourth-order valence-corrected chi connectivity index (χ4v) is 2.04. The zero-order valence-corrected chi connectivity index (χ0v) is 11.1. The summed E-state index contributed by atoms with van der Waals surface area (Å²) in [5, 5.41) is 0.00112. The fourth-order valence-electron chi connectivity index (χ4n) is 1.47. The molecule has 1 heterocycles. The Bertz CT molecular complexity index is 441. The third kappa shape index (κ3) is 3.44. The van der Waals surface area contributed by atoms with Crippen molar-refractivity contribution in [3.63, 3.8) is 0 Å². The van der Waals surface area contributed by atoms with Gasteiger partial charge in [-0.1, -0.05) is 15.9 Å². The van der Waals surface area contributed by atoms with E-state index in [0.29, 0.717) is 0 Å². The van der Waals surface area contributed by atoms with Gasteiger partial charge in [0.1, 0.15) is 0 Å². The molecule has 0 fully saturated rings. The number of esters is 1. The molecule has 3 nitrogen and oxygen atoms in total. The van der Waals surface area contributed by atoms with Crippen LogP contribution in [0.4, 0.5) is 13.2 Å². The SMILES string of the molecule is CCOC(=O)Cc1c(C(F)F)cnc(F)c1CBr. The van der Waals surface area contributed by atoms with E-state index in [1.165, 1.54) is 0 Å². The van der Waals surface area contributed by atoms with Crippen molar-refractivity contribution in [2.24, 2.45) is 0 Å². The van der Waals surface area contributed by atoms with E-state index in [2.05, 4.69) is 25.7 Å². The first-order chi connectivity index (χ1) is 8.51. The predicted octanol–water partition coefficient (Wildman–Crippen LogP) is 3.16. The van der Waals surface area contributed by atoms with Crippen LogP contribution in [0.5, 0.6) is 0 Å². The number of halogens is 4. The minimum atomic E-state index is -2.82. The Labute approximate surface area is 110 Å². The van der Waals surface area contributed by atoms with Gasteiger partial charge in [-0.25, -0.2) is 13.8 Å². The maximum absolute atomic E-state index is 13.4. The van der Waals surface area contributed by atoms with Crippen molar-refractivity contribution >= 4 is 21.9 Å². The average molecular weight is 326 g/mol. The minimum absolute atomic E-state index is 0.00112. The van der Waals surface area contributed by atoms with Gasteiger partial charge in [-0.15, -0.1) is 0 Å². The summed E-state index contributed by atoms with van der Waals surface area (Å²) in [6.07, 6.45) is -2.46. The molecule has 0 aromatic carbocycles. The van der Waals surface area contributed by atoms with Crippen LogP contribution in [0.15, 0.2) is 6.20 Å². The molecule has 0 bridgehead atoms. The second-order valence-corrected chi connectivity index (χ2v) is 3.94. The Morgan fingerprint density at radius 2 is 2.17 bits per heavy atom. The molecule has 0 saturated heterocycles. The van der Waals surface area contributed by atoms with Crippen LogP contribution in [-0.2, 0) is 21.3 Å². The molecule has 0 saturated carbocycles. The first kappa shape index (κ1) is 14.9. The lowest BCUT2D eigenvalue weighted by Gasteiger charge is -2.12. The van der Waals surface area contributed by atoms with Crippen molar-refractivity contribution in [1.29, 1.82) is 0 Å².